The molecule has 2 nitrogen and oxygen atoms in total. The lowest BCUT2D eigenvalue weighted by molar-refractivity contribution is 0.905. The van der Waals surface area contributed by atoms with Crippen LogP contribution < -0.4 is 0 Å². The molecule has 130 valence electrons. The van der Waals surface area contributed by atoms with Gasteiger partial charge in [0.2, 0.25) is 0 Å². The van der Waals surface area contributed by atoms with Crippen molar-refractivity contribution >= 4 is 60.2 Å². The Labute approximate surface area is 179 Å². The molecular weight excluding hydrogens is 511 g/mol. The van der Waals surface area contributed by atoms with Crippen LogP contribution in [0.3, 0.4) is 0 Å². The monoisotopic (exact) mass is 524 g/mol. The van der Waals surface area contributed by atoms with Crippen molar-refractivity contribution in [2.75, 3.05) is 0 Å². The molecule has 0 amide bonds. The highest BCUT2D eigenvalue weighted by atomic mass is 127. The fourth-order valence-electron chi connectivity index (χ4n) is 3.51. The smallest absolute Gasteiger partial charge is 0.101 e. The summed E-state index contributed by atoms with van der Waals surface area (Å²) < 4.78 is 4.36. The second-order valence-electron chi connectivity index (χ2n) is 6.40. The Kier molecular flexibility index (Phi) is 4.25. The minimum Gasteiger partial charge on any atom is -0.232 e. The molecule has 5 aromatic rings. The lowest BCUT2D eigenvalue weighted by atomic mass is 10.0. The zero-order valence-electron chi connectivity index (χ0n) is 14.2. The van der Waals surface area contributed by atoms with E-state index in [1.165, 1.54) is 8.96 Å². The fraction of sp³-hybridized carbons (Fsp3) is 0. The van der Waals surface area contributed by atoms with E-state index >= 15 is 0 Å². The van der Waals surface area contributed by atoms with Crippen LogP contribution in [0, 0.1) is 3.57 Å². The molecule has 1 aromatic heterocycles. The molecule has 4 heteroatoms. The van der Waals surface area contributed by atoms with Gasteiger partial charge in [0, 0.05) is 24.4 Å². The molecule has 0 N–H and O–H groups in total. The third-order valence-electron chi connectivity index (χ3n) is 4.75. The molecule has 27 heavy (non-hydrogen) atoms. The van der Waals surface area contributed by atoms with Crippen molar-refractivity contribution < 1.29 is 0 Å². The van der Waals surface area contributed by atoms with Gasteiger partial charge in [0.25, 0.3) is 0 Å². The number of nitrogens with zero attached hydrogens (tertiary/aromatic N) is 2. The molecular formula is C23H14BrIN2. The summed E-state index contributed by atoms with van der Waals surface area (Å²) in [5.41, 5.74) is 4.34. The normalized spacial score (nSPS) is 11.3. The maximum Gasteiger partial charge on any atom is 0.101 e. The molecule has 0 aliphatic carbocycles. The molecule has 0 saturated heterocycles. The van der Waals surface area contributed by atoms with Gasteiger partial charge in [-0.2, -0.15) is 5.10 Å². The van der Waals surface area contributed by atoms with Crippen molar-refractivity contribution in [1.82, 2.24) is 9.78 Å². The highest BCUT2D eigenvalue weighted by molar-refractivity contribution is 14.1. The second kappa shape index (κ2) is 6.77. The molecule has 0 radical (unpaired) electrons. The van der Waals surface area contributed by atoms with E-state index in [1.807, 2.05) is 6.07 Å². The van der Waals surface area contributed by atoms with Crippen molar-refractivity contribution in [1.29, 1.82) is 0 Å². The molecule has 0 atom stereocenters. The van der Waals surface area contributed by atoms with Crippen LogP contribution in [-0.4, -0.2) is 9.78 Å². The predicted molar refractivity (Wildman–Crippen MR) is 124 cm³/mol. The van der Waals surface area contributed by atoms with Gasteiger partial charge >= 0.3 is 0 Å². The summed E-state index contributed by atoms with van der Waals surface area (Å²) >= 11 is 6.09. The van der Waals surface area contributed by atoms with E-state index in [9.17, 15) is 0 Å². The van der Waals surface area contributed by atoms with Gasteiger partial charge < -0.3 is 0 Å². The average molecular weight is 525 g/mol. The Morgan fingerprint density at radius 3 is 2.15 bits per heavy atom. The first-order chi connectivity index (χ1) is 13.2. The van der Waals surface area contributed by atoms with E-state index in [1.54, 1.807) is 0 Å². The van der Waals surface area contributed by atoms with Crippen LogP contribution in [-0.2, 0) is 0 Å². The van der Waals surface area contributed by atoms with Crippen LogP contribution in [0.2, 0.25) is 0 Å². The largest absolute Gasteiger partial charge is 0.232 e. The Morgan fingerprint density at radius 1 is 0.741 bits per heavy atom. The topological polar surface area (TPSA) is 17.8 Å². The van der Waals surface area contributed by atoms with Crippen molar-refractivity contribution in [3.63, 3.8) is 0 Å². The SMILES string of the molecule is Brc1cc2c(-c3ccccc3)n(-c3ccc(I)cc3)nc2c2ccccc12. The zero-order valence-corrected chi connectivity index (χ0v) is 18.0. The Bertz CT molecular complexity index is 1280. The third-order valence-corrected chi connectivity index (χ3v) is 6.13. The highest BCUT2D eigenvalue weighted by Gasteiger charge is 2.18. The third kappa shape index (κ3) is 2.87. The molecule has 4 aromatic carbocycles. The van der Waals surface area contributed by atoms with E-state index < -0.39 is 0 Å². The minimum absolute atomic E-state index is 1.02. The quantitative estimate of drug-likeness (QED) is 0.223. The summed E-state index contributed by atoms with van der Waals surface area (Å²) in [5.74, 6) is 0. The van der Waals surface area contributed by atoms with Crippen molar-refractivity contribution in [3.05, 3.63) is 93.0 Å². The number of benzene rings is 4. The highest BCUT2D eigenvalue weighted by Crippen LogP contribution is 2.38. The number of fused-ring (bicyclic) bond motifs is 3. The number of hydrogen-bond acceptors (Lipinski definition) is 1. The fourth-order valence-corrected chi connectivity index (χ4v) is 4.45. The number of halogens is 2. The molecule has 0 bridgehead atoms. The van der Waals surface area contributed by atoms with E-state index in [4.69, 9.17) is 5.10 Å². The Balaban J connectivity index is 1.93. The van der Waals surface area contributed by atoms with Gasteiger partial charge in [-0.25, -0.2) is 4.68 Å². The van der Waals surface area contributed by atoms with Crippen LogP contribution in [0.25, 0.3) is 38.6 Å². The number of aromatic nitrogens is 2. The number of hydrogen-bond donors (Lipinski definition) is 0. The Hall–Kier alpha value is -2.18. The van der Waals surface area contributed by atoms with E-state index in [2.05, 4.69) is 122 Å². The van der Waals surface area contributed by atoms with Gasteiger partial charge in [-0.15, -0.1) is 0 Å². The van der Waals surface area contributed by atoms with Crippen molar-refractivity contribution in [2.24, 2.45) is 0 Å². The summed E-state index contributed by atoms with van der Waals surface area (Å²) in [4.78, 5) is 0. The summed E-state index contributed by atoms with van der Waals surface area (Å²) in [5, 5.41) is 8.53. The molecule has 0 saturated carbocycles. The lowest BCUT2D eigenvalue weighted by Crippen LogP contribution is -1.98. The van der Waals surface area contributed by atoms with Crippen LogP contribution >= 0.6 is 38.5 Å². The summed E-state index contributed by atoms with van der Waals surface area (Å²) in [6.45, 7) is 0. The molecule has 0 aliphatic heterocycles. The van der Waals surface area contributed by atoms with Crippen LogP contribution in [0.4, 0.5) is 0 Å². The second-order valence-corrected chi connectivity index (χ2v) is 8.50. The minimum atomic E-state index is 1.02. The van der Waals surface area contributed by atoms with Gasteiger partial charge in [0.15, 0.2) is 0 Å². The molecule has 0 spiro atoms. The maximum atomic E-state index is 5.05. The first-order valence-electron chi connectivity index (χ1n) is 8.64. The van der Waals surface area contributed by atoms with Gasteiger partial charge in [0.1, 0.15) is 5.52 Å². The Morgan fingerprint density at radius 2 is 1.41 bits per heavy atom. The van der Waals surface area contributed by atoms with E-state index in [0.717, 1.165) is 37.7 Å². The molecule has 0 unspecified atom stereocenters. The van der Waals surface area contributed by atoms with Crippen molar-refractivity contribution in [2.45, 2.75) is 0 Å². The molecule has 0 aliphatic rings. The van der Waals surface area contributed by atoms with E-state index in [0.29, 0.717) is 0 Å². The molecule has 5 rings (SSSR count). The van der Waals surface area contributed by atoms with Crippen LogP contribution in [0.1, 0.15) is 0 Å². The lowest BCUT2D eigenvalue weighted by Gasteiger charge is -2.08. The summed E-state index contributed by atoms with van der Waals surface area (Å²) in [6, 6.07) is 29.5. The average Bonchev–Trinajstić information content (AvgIpc) is 3.09. The van der Waals surface area contributed by atoms with Crippen LogP contribution in [0.5, 0.6) is 0 Å². The standard InChI is InChI=1S/C23H14BrIN2/c24-21-14-20-22(19-9-5-4-8-18(19)21)26-27(17-12-10-16(25)11-13-17)23(20)15-6-2-1-3-7-15/h1-14H. The molecule has 1 heterocycles. The predicted octanol–water partition coefficient (Wildman–Crippen LogP) is 7.21. The first kappa shape index (κ1) is 17.0. The van der Waals surface area contributed by atoms with Gasteiger partial charge in [-0.3, -0.25) is 0 Å². The van der Waals surface area contributed by atoms with Gasteiger partial charge in [-0.1, -0.05) is 70.5 Å². The van der Waals surface area contributed by atoms with Gasteiger partial charge in [0.05, 0.1) is 11.4 Å². The maximum absolute atomic E-state index is 5.05. The van der Waals surface area contributed by atoms with Crippen molar-refractivity contribution in [3.8, 4) is 16.9 Å². The molecule has 0 fully saturated rings. The van der Waals surface area contributed by atoms with Gasteiger partial charge in [-0.05, 0) is 58.3 Å². The first-order valence-corrected chi connectivity index (χ1v) is 10.5. The summed E-state index contributed by atoms with van der Waals surface area (Å²) in [7, 11) is 0. The number of rotatable bonds is 2. The zero-order chi connectivity index (χ0) is 18.4. The van der Waals surface area contributed by atoms with Crippen LogP contribution in [0.15, 0.2) is 89.4 Å². The van der Waals surface area contributed by atoms with E-state index in [-0.39, 0.29) is 0 Å². The summed E-state index contributed by atoms with van der Waals surface area (Å²) in [6.07, 6.45) is 0.